The van der Waals surface area contributed by atoms with Gasteiger partial charge in [0.1, 0.15) is 6.04 Å². The van der Waals surface area contributed by atoms with Gasteiger partial charge in [-0.2, -0.15) is 0 Å². The molecule has 1 aromatic rings. The zero-order valence-electron chi connectivity index (χ0n) is 11.6. The summed E-state index contributed by atoms with van der Waals surface area (Å²) in [6.07, 6.45) is 0.563. The van der Waals surface area contributed by atoms with Crippen LogP contribution in [0.2, 0.25) is 0 Å². The Morgan fingerprint density at radius 3 is 2.42 bits per heavy atom. The van der Waals surface area contributed by atoms with Crippen molar-refractivity contribution >= 4 is 5.97 Å². The van der Waals surface area contributed by atoms with Crippen LogP contribution in [0.4, 0.5) is 0 Å². The van der Waals surface area contributed by atoms with Crippen LogP contribution in [0.3, 0.4) is 0 Å². The van der Waals surface area contributed by atoms with E-state index in [9.17, 15) is 9.90 Å². The molecule has 0 bridgehead atoms. The Balaban J connectivity index is 2.18. The number of hydrogen-bond acceptors (Lipinski definition) is 3. The number of morpholine rings is 1. The van der Waals surface area contributed by atoms with E-state index in [0.717, 1.165) is 5.56 Å². The smallest absolute Gasteiger partial charge is 0.321 e. The summed E-state index contributed by atoms with van der Waals surface area (Å²) >= 11 is 0. The molecule has 0 spiro atoms. The van der Waals surface area contributed by atoms with E-state index in [1.54, 1.807) is 0 Å². The summed E-state index contributed by atoms with van der Waals surface area (Å²) in [4.78, 5) is 13.6. The Kier molecular flexibility index (Phi) is 4.56. The van der Waals surface area contributed by atoms with Gasteiger partial charge < -0.3 is 9.84 Å². The average Bonchev–Trinajstić information content (AvgIpc) is 2.39. The lowest BCUT2D eigenvalue weighted by atomic mass is 9.95. The Morgan fingerprint density at radius 1 is 1.32 bits per heavy atom. The zero-order valence-corrected chi connectivity index (χ0v) is 11.6. The maximum Gasteiger partial charge on any atom is 0.321 e. The summed E-state index contributed by atoms with van der Waals surface area (Å²) < 4.78 is 5.29. The van der Waals surface area contributed by atoms with Crippen LogP contribution in [0.15, 0.2) is 18.2 Å². The molecule has 104 valence electrons. The molecule has 0 amide bonds. The van der Waals surface area contributed by atoms with Gasteiger partial charge in [0.15, 0.2) is 0 Å². The molecule has 4 nitrogen and oxygen atoms in total. The fraction of sp³-hybridized carbons (Fsp3) is 0.533. The summed E-state index contributed by atoms with van der Waals surface area (Å²) in [7, 11) is 0. The summed E-state index contributed by atoms with van der Waals surface area (Å²) in [5.74, 6) is -0.746. The van der Waals surface area contributed by atoms with E-state index in [2.05, 4.69) is 0 Å². The van der Waals surface area contributed by atoms with Gasteiger partial charge in [-0.25, -0.2) is 0 Å². The van der Waals surface area contributed by atoms with E-state index >= 15 is 0 Å². The Hall–Kier alpha value is -1.39. The minimum absolute atomic E-state index is 0.455. The minimum atomic E-state index is -0.746. The van der Waals surface area contributed by atoms with Crippen molar-refractivity contribution < 1.29 is 14.6 Å². The number of carbonyl (C=O) groups is 1. The molecular weight excluding hydrogens is 242 g/mol. The quantitative estimate of drug-likeness (QED) is 0.897. The first kappa shape index (κ1) is 14.0. The number of hydrogen-bond donors (Lipinski definition) is 1. The molecule has 4 heteroatoms. The summed E-state index contributed by atoms with van der Waals surface area (Å²) in [5.41, 5.74) is 3.49. The standard InChI is InChI=1S/C15H21NO3/c1-11-4-3-5-12(2)13(11)10-14(15(17)18)16-6-8-19-9-7-16/h3-5,14H,6-10H2,1-2H3,(H,17,18)/t14-/m0/s1. The molecule has 1 heterocycles. The average molecular weight is 263 g/mol. The Morgan fingerprint density at radius 2 is 1.89 bits per heavy atom. The molecule has 0 aliphatic carbocycles. The molecule has 0 aromatic heterocycles. The van der Waals surface area contributed by atoms with E-state index in [1.165, 1.54) is 11.1 Å². The van der Waals surface area contributed by atoms with Crippen molar-refractivity contribution in [3.05, 3.63) is 34.9 Å². The predicted octanol–water partition coefficient (Wildman–Crippen LogP) is 1.63. The van der Waals surface area contributed by atoms with Crippen molar-refractivity contribution in [2.45, 2.75) is 26.3 Å². The molecule has 1 N–H and O–H groups in total. The van der Waals surface area contributed by atoms with Gasteiger partial charge in [-0.3, -0.25) is 9.69 Å². The highest BCUT2D eigenvalue weighted by molar-refractivity contribution is 5.74. The maximum absolute atomic E-state index is 11.5. The van der Waals surface area contributed by atoms with Crippen LogP contribution in [0.25, 0.3) is 0 Å². The number of rotatable bonds is 4. The van der Waals surface area contributed by atoms with Gasteiger partial charge in [-0.15, -0.1) is 0 Å². The Bertz CT molecular complexity index is 432. The fourth-order valence-electron chi connectivity index (χ4n) is 2.63. The second-order valence-corrected chi connectivity index (χ2v) is 5.08. The van der Waals surface area contributed by atoms with Crippen LogP contribution in [-0.4, -0.2) is 48.3 Å². The highest BCUT2D eigenvalue weighted by Gasteiger charge is 2.28. The van der Waals surface area contributed by atoms with Crippen molar-refractivity contribution in [3.63, 3.8) is 0 Å². The van der Waals surface area contributed by atoms with Crippen LogP contribution in [0.5, 0.6) is 0 Å². The van der Waals surface area contributed by atoms with E-state index < -0.39 is 12.0 Å². The summed E-state index contributed by atoms with van der Waals surface area (Å²) in [6, 6.07) is 5.64. The molecule has 1 aliphatic rings. The molecule has 1 fully saturated rings. The zero-order chi connectivity index (χ0) is 13.8. The molecule has 2 rings (SSSR count). The molecule has 0 radical (unpaired) electrons. The molecular formula is C15H21NO3. The normalized spacial score (nSPS) is 18.2. The first-order valence-corrected chi connectivity index (χ1v) is 6.69. The largest absolute Gasteiger partial charge is 0.480 e. The third-order valence-corrected chi connectivity index (χ3v) is 3.81. The van der Waals surface area contributed by atoms with E-state index in [-0.39, 0.29) is 0 Å². The van der Waals surface area contributed by atoms with E-state index in [4.69, 9.17) is 4.74 Å². The van der Waals surface area contributed by atoms with E-state index in [0.29, 0.717) is 32.7 Å². The first-order chi connectivity index (χ1) is 9.09. The molecule has 0 unspecified atom stereocenters. The van der Waals surface area contributed by atoms with Gasteiger partial charge in [0.05, 0.1) is 13.2 Å². The number of ether oxygens (including phenoxy) is 1. The predicted molar refractivity (Wildman–Crippen MR) is 73.4 cm³/mol. The van der Waals surface area contributed by atoms with Gasteiger partial charge in [0.2, 0.25) is 0 Å². The Labute approximate surface area is 114 Å². The van der Waals surface area contributed by atoms with Crippen LogP contribution in [0.1, 0.15) is 16.7 Å². The van der Waals surface area contributed by atoms with Crippen LogP contribution >= 0.6 is 0 Å². The lowest BCUT2D eigenvalue weighted by molar-refractivity contribution is -0.145. The number of aryl methyl sites for hydroxylation is 2. The minimum Gasteiger partial charge on any atom is -0.480 e. The molecule has 19 heavy (non-hydrogen) atoms. The highest BCUT2D eigenvalue weighted by Crippen LogP contribution is 2.18. The number of carboxylic acid groups (broad SMARTS) is 1. The molecule has 0 saturated carbocycles. The number of aliphatic carboxylic acids is 1. The van der Waals surface area contributed by atoms with Crippen LogP contribution < -0.4 is 0 Å². The van der Waals surface area contributed by atoms with Gasteiger partial charge in [-0.05, 0) is 37.0 Å². The number of benzene rings is 1. The van der Waals surface area contributed by atoms with Crippen molar-refractivity contribution in [1.82, 2.24) is 4.90 Å². The van der Waals surface area contributed by atoms with Gasteiger partial charge in [-0.1, -0.05) is 18.2 Å². The van der Waals surface area contributed by atoms with Crippen molar-refractivity contribution in [2.24, 2.45) is 0 Å². The second-order valence-electron chi connectivity index (χ2n) is 5.08. The van der Waals surface area contributed by atoms with Crippen molar-refractivity contribution in [1.29, 1.82) is 0 Å². The topological polar surface area (TPSA) is 49.8 Å². The second kappa shape index (κ2) is 6.17. The lowest BCUT2D eigenvalue weighted by Gasteiger charge is -2.32. The van der Waals surface area contributed by atoms with Crippen LogP contribution in [0, 0.1) is 13.8 Å². The molecule has 1 aromatic carbocycles. The van der Waals surface area contributed by atoms with Crippen molar-refractivity contribution in [2.75, 3.05) is 26.3 Å². The highest BCUT2D eigenvalue weighted by atomic mass is 16.5. The van der Waals surface area contributed by atoms with Crippen molar-refractivity contribution in [3.8, 4) is 0 Å². The number of nitrogens with zero attached hydrogens (tertiary/aromatic N) is 1. The van der Waals surface area contributed by atoms with Gasteiger partial charge >= 0.3 is 5.97 Å². The summed E-state index contributed by atoms with van der Waals surface area (Å²) in [5, 5.41) is 9.49. The number of carboxylic acids is 1. The molecule has 1 saturated heterocycles. The van der Waals surface area contributed by atoms with Crippen LogP contribution in [-0.2, 0) is 16.0 Å². The molecule has 1 aliphatic heterocycles. The molecule has 1 atom stereocenters. The van der Waals surface area contributed by atoms with Gasteiger partial charge in [0.25, 0.3) is 0 Å². The maximum atomic E-state index is 11.5. The van der Waals surface area contributed by atoms with Gasteiger partial charge in [0, 0.05) is 13.1 Å². The fourth-order valence-corrected chi connectivity index (χ4v) is 2.63. The monoisotopic (exact) mass is 263 g/mol. The first-order valence-electron chi connectivity index (χ1n) is 6.69. The van der Waals surface area contributed by atoms with E-state index in [1.807, 2.05) is 36.9 Å². The third-order valence-electron chi connectivity index (χ3n) is 3.81. The third kappa shape index (κ3) is 3.33. The SMILES string of the molecule is Cc1cccc(C)c1C[C@@H](C(=O)O)N1CCOCC1. The summed E-state index contributed by atoms with van der Waals surface area (Å²) in [6.45, 7) is 6.72. The lowest BCUT2D eigenvalue weighted by Crippen LogP contribution is -2.48.